The fourth-order valence-electron chi connectivity index (χ4n) is 3.47. The third kappa shape index (κ3) is 8.39. The molecule has 1 unspecified atom stereocenters. The Morgan fingerprint density at radius 1 is 1.12 bits per heavy atom. The number of carbonyl (C=O) groups is 2. The predicted octanol–water partition coefficient (Wildman–Crippen LogP) is 0.787. The van der Waals surface area contributed by atoms with Crippen LogP contribution in [0, 0.1) is 0 Å². The third-order valence-corrected chi connectivity index (χ3v) is 5.06. The predicted molar refractivity (Wildman–Crippen MR) is 107 cm³/mol. The number of nitrogens with two attached hydrogens (primary N) is 1. The lowest BCUT2D eigenvalue weighted by atomic mass is 9.95. The first-order valence-corrected chi connectivity index (χ1v) is 9.14. The van der Waals surface area contributed by atoms with E-state index in [1.165, 1.54) is 19.3 Å². The zero-order valence-corrected chi connectivity index (χ0v) is 17.3. The standard InChI is InChI=1S/C17H32N4O3.2ClH/c1-24-15(12-18)11-17(23)21-9-7-20(8-10-21)13-16(22)19-14-5-3-2-4-6-14;;/h14-15H,2-13,18H2,1H3,(H,19,22);2*1H. The molecular formula is C17H34Cl2N4O3. The van der Waals surface area contributed by atoms with E-state index in [1.807, 2.05) is 4.90 Å². The molecule has 1 aliphatic carbocycles. The van der Waals surface area contributed by atoms with E-state index in [1.54, 1.807) is 7.11 Å². The second-order valence-corrected chi connectivity index (χ2v) is 6.86. The van der Waals surface area contributed by atoms with Gasteiger partial charge in [0.05, 0.1) is 19.1 Å². The van der Waals surface area contributed by atoms with Gasteiger partial charge in [-0.2, -0.15) is 0 Å². The summed E-state index contributed by atoms with van der Waals surface area (Å²) in [6.07, 6.45) is 6.06. The molecule has 3 N–H and O–H groups in total. The molecule has 2 fully saturated rings. The quantitative estimate of drug-likeness (QED) is 0.644. The minimum absolute atomic E-state index is 0. The van der Waals surface area contributed by atoms with E-state index in [2.05, 4.69) is 10.2 Å². The van der Waals surface area contributed by atoms with Crippen LogP contribution >= 0.6 is 24.8 Å². The van der Waals surface area contributed by atoms with E-state index in [-0.39, 0.29) is 42.7 Å². The van der Waals surface area contributed by atoms with E-state index >= 15 is 0 Å². The molecule has 1 saturated heterocycles. The smallest absolute Gasteiger partial charge is 0.234 e. The summed E-state index contributed by atoms with van der Waals surface area (Å²) in [7, 11) is 1.58. The number of piperazine rings is 1. The van der Waals surface area contributed by atoms with Crippen LogP contribution in [0.5, 0.6) is 0 Å². The van der Waals surface area contributed by atoms with Crippen LogP contribution in [0.4, 0.5) is 0 Å². The van der Waals surface area contributed by atoms with Crippen LogP contribution in [-0.2, 0) is 14.3 Å². The number of ether oxygens (including phenoxy) is 1. The second kappa shape index (κ2) is 13.6. The van der Waals surface area contributed by atoms with Gasteiger partial charge in [-0.3, -0.25) is 14.5 Å². The monoisotopic (exact) mass is 412 g/mol. The fraction of sp³-hybridized carbons (Fsp3) is 0.882. The van der Waals surface area contributed by atoms with Gasteiger partial charge in [0.2, 0.25) is 11.8 Å². The number of halogens is 2. The Hall–Kier alpha value is -0.600. The number of methoxy groups -OCH3 is 1. The molecule has 2 aliphatic rings. The Bertz CT molecular complexity index is 411. The van der Waals surface area contributed by atoms with Crippen molar-refractivity contribution in [2.45, 2.75) is 50.7 Å². The number of nitrogens with one attached hydrogen (secondary N) is 1. The van der Waals surface area contributed by atoms with Gasteiger partial charge >= 0.3 is 0 Å². The van der Waals surface area contributed by atoms with Crippen molar-refractivity contribution in [1.82, 2.24) is 15.1 Å². The largest absolute Gasteiger partial charge is 0.380 e. The molecule has 0 aromatic heterocycles. The maximum atomic E-state index is 12.2. The molecule has 0 bridgehead atoms. The van der Waals surface area contributed by atoms with Crippen LogP contribution in [0.15, 0.2) is 0 Å². The third-order valence-electron chi connectivity index (χ3n) is 5.06. The molecule has 1 saturated carbocycles. The highest BCUT2D eigenvalue weighted by molar-refractivity contribution is 5.85. The summed E-state index contributed by atoms with van der Waals surface area (Å²) in [5.74, 6) is 0.197. The van der Waals surface area contributed by atoms with Gasteiger partial charge in [-0.25, -0.2) is 0 Å². The molecule has 154 valence electrons. The molecule has 26 heavy (non-hydrogen) atoms. The Morgan fingerprint density at radius 3 is 2.27 bits per heavy atom. The summed E-state index contributed by atoms with van der Waals surface area (Å²) < 4.78 is 5.17. The van der Waals surface area contributed by atoms with E-state index < -0.39 is 0 Å². The molecule has 0 aromatic carbocycles. The number of hydrogen-bond donors (Lipinski definition) is 2. The average Bonchev–Trinajstić information content (AvgIpc) is 2.60. The molecule has 0 aromatic rings. The summed E-state index contributed by atoms with van der Waals surface area (Å²) in [6.45, 7) is 3.59. The summed E-state index contributed by atoms with van der Waals surface area (Å²) in [5.41, 5.74) is 5.57. The average molecular weight is 413 g/mol. The molecule has 0 spiro atoms. The highest BCUT2D eigenvalue weighted by atomic mass is 35.5. The van der Waals surface area contributed by atoms with Crippen LogP contribution in [0.1, 0.15) is 38.5 Å². The van der Waals surface area contributed by atoms with Crippen molar-refractivity contribution in [2.24, 2.45) is 5.73 Å². The first kappa shape index (κ1) is 25.4. The van der Waals surface area contributed by atoms with Crippen LogP contribution in [-0.4, -0.2) is 80.1 Å². The number of nitrogens with zero attached hydrogens (tertiary/aromatic N) is 2. The normalized spacial score (nSPS) is 19.8. The van der Waals surface area contributed by atoms with Crippen LogP contribution in [0.3, 0.4) is 0 Å². The molecule has 1 atom stereocenters. The van der Waals surface area contributed by atoms with E-state index in [4.69, 9.17) is 10.5 Å². The highest BCUT2D eigenvalue weighted by Gasteiger charge is 2.24. The lowest BCUT2D eigenvalue weighted by molar-refractivity contribution is -0.135. The fourth-order valence-corrected chi connectivity index (χ4v) is 3.47. The minimum Gasteiger partial charge on any atom is -0.380 e. The van der Waals surface area contributed by atoms with Crippen molar-refractivity contribution >= 4 is 36.6 Å². The minimum atomic E-state index is -0.211. The first-order valence-electron chi connectivity index (χ1n) is 9.14. The van der Waals surface area contributed by atoms with Crippen molar-refractivity contribution in [2.75, 3.05) is 46.4 Å². The lowest BCUT2D eigenvalue weighted by Gasteiger charge is -2.35. The van der Waals surface area contributed by atoms with Crippen molar-refractivity contribution in [3.8, 4) is 0 Å². The molecule has 1 heterocycles. The van der Waals surface area contributed by atoms with Crippen molar-refractivity contribution < 1.29 is 14.3 Å². The Labute approximate surface area is 169 Å². The lowest BCUT2D eigenvalue weighted by Crippen LogP contribution is -2.52. The van der Waals surface area contributed by atoms with Crippen LogP contribution in [0.2, 0.25) is 0 Å². The maximum absolute atomic E-state index is 12.2. The number of carbonyl (C=O) groups excluding carboxylic acids is 2. The summed E-state index contributed by atoms with van der Waals surface area (Å²) in [4.78, 5) is 28.3. The zero-order chi connectivity index (χ0) is 17.4. The van der Waals surface area contributed by atoms with Gasteiger partial charge in [0.25, 0.3) is 0 Å². The Kier molecular flexibility index (Phi) is 13.2. The topological polar surface area (TPSA) is 87.9 Å². The van der Waals surface area contributed by atoms with E-state index in [0.717, 1.165) is 25.9 Å². The maximum Gasteiger partial charge on any atom is 0.234 e. The van der Waals surface area contributed by atoms with Crippen LogP contribution in [0.25, 0.3) is 0 Å². The van der Waals surface area contributed by atoms with Gasteiger partial charge in [0.15, 0.2) is 0 Å². The van der Waals surface area contributed by atoms with Crippen molar-refractivity contribution in [3.63, 3.8) is 0 Å². The molecule has 2 rings (SSSR count). The molecule has 7 nitrogen and oxygen atoms in total. The summed E-state index contributed by atoms with van der Waals surface area (Å²) in [6, 6.07) is 0.358. The van der Waals surface area contributed by atoms with Crippen molar-refractivity contribution in [1.29, 1.82) is 0 Å². The highest BCUT2D eigenvalue weighted by Crippen LogP contribution is 2.17. The van der Waals surface area contributed by atoms with Crippen LogP contribution < -0.4 is 11.1 Å². The summed E-state index contributed by atoms with van der Waals surface area (Å²) >= 11 is 0. The Morgan fingerprint density at radius 2 is 1.73 bits per heavy atom. The molecule has 9 heteroatoms. The molecule has 1 aliphatic heterocycles. The van der Waals surface area contributed by atoms with Gasteiger partial charge < -0.3 is 20.7 Å². The molecule has 2 amide bonds. The summed E-state index contributed by atoms with van der Waals surface area (Å²) in [5, 5.41) is 3.15. The van der Waals surface area contributed by atoms with Gasteiger partial charge in [0.1, 0.15) is 0 Å². The van der Waals surface area contributed by atoms with Gasteiger partial charge in [-0.05, 0) is 12.8 Å². The van der Waals surface area contributed by atoms with E-state index in [9.17, 15) is 9.59 Å². The number of hydrogen-bond acceptors (Lipinski definition) is 5. The molecule has 0 radical (unpaired) electrons. The number of amides is 2. The first-order chi connectivity index (χ1) is 11.6. The van der Waals surface area contributed by atoms with Gasteiger partial charge in [-0.1, -0.05) is 19.3 Å². The zero-order valence-electron chi connectivity index (χ0n) is 15.7. The second-order valence-electron chi connectivity index (χ2n) is 6.86. The Balaban J connectivity index is 0.00000312. The van der Waals surface area contributed by atoms with E-state index in [0.29, 0.717) is 38.6 Å². The van der Waals surface area contributed by atoms with Crippen molar-refractivity contribution in [3.05, 3.63) is 0 Å². The van der Waals surface area contributed by atoms with Gasteiger partial charge in [0, 0.05) is 45.9 Å². The van der Waals surface area contributed by atoms with Gasteiger partial charge in [-0.15, -0.1) is 24.8 Å². The number of rotatable bonds is 7. The molecular weight excluding hydrogens is 379 g/mol. The SMILES string of the molecule is COC(CN)CC(=O)N1CCN(CC(=O)NC2CCCCC2)CC1.Cl.Cl.